The summed E-state index contributed by atoms with van der Waals surface area (Å²) in [6.45, 7) is 4.22. The van der Waals surface area contributed by atoms with E-state index >= 15 is 0 Å². The van der Waals surface area contributed by atoms with Gasteiger partial charge in [0.15, 0.2) is 0 Å². The summed E-state index contributed by atoms with van der Waals surface area (Å²) in [4.78, 5) is 6.00. The average molecular weight is 281 g/mol. The fourth-order valence-corrected chi connectivity index (χ4v) is 3.81. The molecule has 0 spiro atoms. The molecule has 0 bridgehead atoms. The van der Waals surface area contributed by atoms with Crippen LogP contribution in [0.3, 0.4) is 0 Å². The molecule has 4 rings (SSSR count). The molecule has 0 aromatic heterocycles. The normalized spacial score (nSPS) is 36.2. The van der Waals surface area contributed by atoms with Crippen LogP contribution in [0, 0.1) is 0 Å². The summed E-state index contributed by atoms with van der Waals surface area (Å²) < 4.78 is 0. The molecule has 3 heteroatoms. The number of hydrogen-bond acceptors (Lipinski definition) is 3. The van der Waals surface area contributed by atoms with E-state index in [9.17, 15) is 5.11 Å². The number of rotatable bonds is 2. The zero-order chi connectivity index (χ0) is 14.7. The van der Waals surface area contributed by atoms with Gasteiger partial charge in [0.25, 0.3) is 0 Å². The number of benzene rings is 2. The van der Waals surface area contributed by atoms with Crippen molar-refractivity contribution in [3.8, 4) is 0 Å². The summed E-state index contributed by atoms with van der Waals surface area (Å²) in [5.74, 6) is 0. The van der Waals surface area contributed by atoms with Gasteiger partial charge < -0.3 is 5.11 Å². The second-order valence-electron chi connectivity index (χ2n) is 6.61. The van der Waals surface area contributed by atoms with Crippen LogP contribution < -0.4 is 0 Å². The molecule has 2 fully saturated rings. The third-order valence-corrected chi connectivity index (χ3v) is 4.69. The lowest BCUT2D eigenvalue weighted by atomic mass is 9.79. The zero-order valence-corrected chi connectivity index (χ0v) is 12.3. The maximum absolute atomic E-state index is 11.5. The van der Waals surface area contributed by atoms with Gasteiger partial charge in [-0.25, -0.2) is 0 Å². The molecule has 0 amide bonds. The maximum Gasteiger partial charge on any atom is 0.223 e. The monoisotopic (exact) mass is 281 g/mol. The molecule has 2 aromatic rings. The lowest BCUT2D eigenvalue weighted by molar-refractivity contribution is -0.0699. The average Bonchev–Trinajstić information content (AvgIpc) is 3.23. The van der Waals surface area contributed by atoms with Crippen LogP contribution in [0.2, 0.25) is 0 Å². The highest BCUT2D eigenvalue weighted by Crippen LogP contribution is 2.68. The summed E-state index contributed by atoms with van der Waals surface area (Å²) in [6.07, 6.45) is 0.638. The van der Waals surface area contributed by atoms with E-state index in [1.54, 1.807) is 0 Å². The van der Waals surface area contributed by atoms with Crippen LogP contribution in [0.5, 0.6) is 0 Å². The molecule has 2 saturated heterocycles. The molecule has 2 heterocycles. The molecule has 3 atom stereocenters. The van der Waals surface area contributed by atoms with Crippen LogP contribution >= 0.6 is 0 Å². The third kappa shape index (κ3) is 1.54. The standard InChI is InChI=1S/C18H19NO2/c1-16(2)13-17(20,14-9-5-3-6-10-14)18(19(16)21-18)15-11-7-4-8-12-15/h3-12,20H,13H2,1-2H3. The van der Waals surface area contributed by atoms with E-state index in [1.165, 1.54) is 0 Å². The first-order valence-electron chi connectivity index (χ1n) is 7.34. The Balaban J connectivity index is 1.91. The van der Waals surface area contributed by atoms with Gasteiger partial charge in [0.05, 0.1) is 0 Å². The van der Waals surface area contributed by atoms with Gasteiger partial charge in [0, 0.05) is 17.5 Å². The van der Waals surface area contributed by atoms with Crippen molar-refractivity contribution in [2.75, 3.05) is 0 Å². The molecular weight excluding hydrogens is 262 g/mol. The van der Waals surface area contributed by atoms with Crippen molar-refractivity contribution in [1.82, 2.24) is 5.06 Å². The minimum Gasteiger partial charge on any atom is -0.380 e. The first kappa shape index (κ1) is 13.0. The first-order valence-corrected chi connectivity index (χ1v) is 7.34. The molecule has 2 aromatic carbocycles. The molecule has 0 aliphatic carbocycles. The van der Waals surface area contributed by atoms with Gasteiger partial charge in [-0.3, -0.25) is 4.84 Å². The Kier molecular flexibility index (Phi) is 2.45. The van der Waals surface area contributed by atoms with E-state index in [-0.39, 0.29) is 5.54 Å². The fraction of sp³-hybridized carbons (Fsp3) is 0.333. The van der Waals surface area contributed by atoms with Crippen molar-refractivity contribution in [2.24, 2.45) is 0 Å². The van der Waals surface area contributed by atoms with Crippen LogP contribution in [0.25, 0.3) is 0 Å². The van der Waals surface area contributed by atoms with Crippen molar-refractivity contribution in [2.45, 2.75) is 37.1 Å². The summed E-state index contributed by atoms with van der Waals surface area (Å²) in [5.41, 5.74) is -0.109. The van der Waals surface area contributed by atoms with Gasteiger partial charge in [-0.15, -0.1) is 5.06 Å². The van der Waals surface area contributed by atoms with Crippen LogP contribution in [0.1, 0.15) is 31.4 Å². The highest BCUT2D eigenvalue weighted by molar-refractivity contribution is 5.40. The molecule has 0 saturated carbocycles. The lowest BCUT2D eigenvalue weighted by Crippen LogP contribution is -2.39. The largest absolute Gasteiger partial charge is 0.380 e. The number of hydroxylamine groups is 2. The van der Waals surface area contributed by atoms with Crippen molar-refractivity contribution < 1.29 is 9.94 Å². The second kappa shape index (κ2) is 3.95. The van der Waals surface area contributed by atoms with Crippen LogP contribution in [0.15, 0.2) is 60.7 Å². The summed E-state index contributed by atoms with van der Waals surface area (Å²) in [7, 11) is 0. The van der Waals surface area contributed by atoms with Gasteiger partial charge in [-0.05, 0) is 19.4 Å². The highest BCUT2D eigenvalue weighted by atomic mass is 16.9. The van der Waals surface area contributed by atoms with Crippen LogP contribution in [-0.2, 0) is 16.2 Å². The SMILES string of the molecule is CC1(C)CC(O)(c2ccccc2)C2(c3ccccc3)ON12. The van der Waals surface area contributed by atoms with Crippen molar-refractivity contribution >= 4 is 0 Å². The van der Waals surface area contributed by atoms with Gasteiger partial charge in [0.2, 0.25) is 5.72 Å². The van der Waals surface area contributed by atoms with Crippen molar-refractivity contribution in [3.05, 3.63) is 71.8 Å². The highest BCUT2D eigenvalue weighted by Gasteiger charge is 2.79. The maximum atomic E-state index is 11.5. The molecule has 3 nitrogen and oxygen atoms in total. The Morgan fingerprint density at radius 1 is 0.905 bits per heavy atom. The van der Waals surface area contributed by atoms with Crippen LogP contribution in [0.4, 0.5) is 0 Å². The van der Waals surface area contributed by atoms with E-state index < -0.39 is 11.3 Å². The summed E-state index contributed by atoms with van der Waals surface area (Å²) in [5, 5.41) is 13.5. The predicted octanol–water partition coefficient (Wildman–Crippen LogP) is 3.16. The zero-order valence-electron chi connectivity index (χ0n) is 12.3. The van der Waals surface area contributed by atoms with Crippen LogP contribution in [-0.4, -0.2) is 15.7 Å². The molecule has 1 N–H and O–H groups in total. The Bertz CT molecular complexity index is 631. The second-order valence-corrected chi connectivity index (χ2v) is 6.61. The van der Waals surface area contributed by atoms with E-state index in [2.05, 4.69) is 13.8 Å². The molecular formula is C18H19NO2. The number of hydrogen-bond donors (Lipinski definition) is 1. The van der Waals surface area contributed by atoms with E-state index in [4.69, 9.17) is 4.84 Å². The molecule has 21 heavy (non-hydrogen) atoms. The Hall–Kier alpha value is -1.68. The van der Waals surface area contributed by atoms with E-state index in [0.29, 0.717) is 6.42 Å². The number of fused-ring (bicyclic) bond motifs is 1. The summed E-state index contributed by atoms with van der Waals surface area (Å²) >= 11 is 0. The molecule has 2 aliphatic heterocycles. The van der Waals surface area contributed by atoms with E-state index in [1.807, 2.05) is 65.7 Å². The molecule has 0 radical (unpaired) electrons. The molecule has 108 valence electrons. The summed E-state index contributed by atoms with van der Waals surface area (Å²) in [6, 6.07) is 19.8. The van der Waals surface area contributed by atoms with Gasteiger partial charge in [-0.2, -0.15) is 0 Å². The minimum atomic E-state index is -1.04. The van der Waals surface area contributed by atoms with E-state index in [0.717, 1.165) is 11.1 Å². The minimum absolute atomic E-state index is 0.208. The Labute approximate surface area is 124 Å². The van der Waals surface area contributed by atoms with Crippen molar-refractivity contribution in [1.29, 1.82) is 0 Å². The van der Waals surface area contributed by atoms with Crippen molar-refractivity contribution in [3.63, 3.8) is 0 Å². The van der Waals surface area contributed by atoms with Gasteiger partial charge in [-0.1, -0.05) is 60.7 Å². The number of nitrogens with zero attached hydrogens (tertiary/aromatic N) is 1. The Morgan fingerprint density at radius 2 is 1.43 bits per heavy atom. The first-order chi connectivity index (χ1) is 10.0. The smallest absolute Gasteiger partial charge is 0.223 e. The fourth-order valence-electron chi connectivity index (χ4n) is 3.81. The quantitative estimate of drug-likeness (QED) is 0.859. The van der Waals surface area contributed by atoms with Gasteiger partial charge >= 0.3 is 0 Å². The predicted molar refractivity (Wildman–Crippen MR) is 80.1 cm³/mol. The lowest BCUT2D eigenvalue weighted by Gasteiger charge is -2.31. The molecule has 3 unspecified atom stereocenters. The number of aliphatic hydroxyl groups is 1. The van der Waals surface area contributed by atoms with Gasteiger partial charge in [0.1, 0.15) is 5.60 Å². The Morgan fingerprint density at radius 3 is 1.95 bits per heavy atom. The third-order valence-electron chi connectivity index (χ3n) is 4.69. The topological polar surface area (TPSA) is 35.8 Å². The molecule has 2 aliphatic rings.